The summed E-state index contributed by atoms with van der Waals surface area (Å²) in [7, 11) is 3.09. The molecule has 1 heterocycles. The molecule has 1 aliphatic heterocycles. The van der Waals surface area contributed by atoms with E-state index in [2.05, 4.69) is 5.10 Å². The van der Waals surface area contributed by atoms with Gasteiger partial charge in [0.1, 0.15) is 18.1 Å². The summed E-state index contributed by atoms with van der Waals surface area (Å²) in [6.45, 7) is 0.0871. The molecule has 0 aromatic heterocycles. The van der Waals surface area contributed by atoms with Crippen molar-refractivity contribution in [3.8, 4) is 5.75 Å². The lowest BCUT2D eigenvalue weighted by Gasteiger charge is -2.27. The topological polar surface area (TPSA) is 71.4 Å². The number of nitrogens with zero attached hydrogens (tertiary/aromatic N) is 3. The van der Waals surface area contributed by atoms with Crippen LogP contribution in [0.2, 0.25) is 5.02 Å². The Labute approximate surface area is 220 Å². The van der Waals surface area contributed by atoms with E-state index in [1.54, 1.807) is 13.2 Å². The summed E-state index contributed by atoms with van der Waals surface area (Å²) in [5, 5.41) is 6.57. The van der Waals surface area contributed by atoms with Gasteiger partial charge in [0.2, 0.25) is 0 Å². The first-order valence-corrected chi connectivity index (χ1v) is 12.1. The van der Waals surface area contributed by atoms with Crippen molar-refractivity contribution in [2.45, 2.75) is 12.5 Å². The van der Waals surface area contributed by atoms with Gasteiger partial charge in [-0.05, 0) is 42.0 Å². The third-order valence-electron chi connectivity index (χ3n) is 6.08. The number of halogens is 2. The highest BCUT2D eigenvalue weighted by molar-refractivity contribution is 6.31. The highest BCUT2D eigenvalue weighted by Gasteiger charge is 2.35. The largest absolute Gasteiger partial charge is 0.497 e. The summed E-state index contributed by atoms with van der Waals surface area (Å²) >= 11 is 6.51. The molecule has 0 fully saturated rings. The molecule has 1 atom stereocenters. The highest BCUT2D eigenvalue weighted by atomic mass is 35.5. The van der Waals surface area contributed by atoms with Crippen LogP contribution in [0.1, 0.15) is 33.9 Å². The minimum absolute atomic E-state index is 0.147. The number of carbonyl (C=O) groups is 2. The molecule has 3 aromatic carbocycles. The Bertz CT molecular complexity index is 1320. The molecule has 0 aliphatic carbocycles. The lowest BCUT2D eigenvalue weighted by atomic mass is 9.98. The molecule has 0 bridgehead atoms. The number of carbonyl (C=O) groups excluding carboxylic acids is 2. The van der Waals surface area contributed by atoms with Gasteiger partial charge in [-0.25, -0.2) is 9.40 Å². The van der Waals surface area contributed by atoms with E-state index in [0.717, 1.165) is 17.2 Å². The van der Waals surface area contributed by atoms with E-state index >= 15 is 0 Å². The van der Waals surface area contributed by atoms with Gasteiger partial charge in [0, 0.05) is 36.2 Å². The van der Waals surface area contributed by atoms with Gasteiger partial charge in [0.25, 0.3) is 11.8 Å². The number of benzene rings is 3. The first kappa shape index (κ1) is 26.3. The van der Waals surface area contributed by atoms with E-state index in [9.17, 15) is 14.0 Å². The molecule has 37 heavy (non-hydrogen) atoms. The third kappa shape index (κ3) is 6.15. The van der Waals surface area contributed by atoms with Crippen molar-refractivity contribution in [1.82, 2.24) is 9.91 Å². The number of hydrazone groups is 1. The molecule has 3 aromatic rings. The van der Waals surface area contributed by atoms with Crippen molar-refractivity contribution in [2.75, 3.05) is 33.9 Å². The maximum atomic E-state index is 13.8. The zero-order valence-electron chi connectivity index (χ0n) is 20.6. The minimum Gasteiger partial charge on any atom is -0.497 e. The Morgan fingerprint density at radius 2 is 1.86 bits per heavy atom. The number of methoxy groups -OCH3 is 2. The molecular formula is C28H27ClFN3O4. The van der Waals surface area contributed by atoms with Crippen molar-refractivity contribution in [3.05, 3.63) is 100 Å². The van der Waals surface area contributed by atoms with Gasteiger partial charge in [-0.2, -0.15) is 5.10 Å². The molecule has 192 valence electrons. The van der Waals surface area contributed by atoms with E-state index in [1.165, 1.54) is 35.2 Å². The lowest BCUT2D eigenvalue weighted by Crippen LogP contribution is -2.42. The van der Waals surface area contributed by atoms with Crippen LogP contribution in [-0.4, -0.2) is 61.4 Å². The summed E-state index contributed by atoms with van der Waals surface area (Å²) in [6.07, 6.45) is 0.429. The first-order valence-electron chi connectivity index (χ1n) is 11.7. The quantitative estimate of drug-likeness (QED) is 0.398. The zero-order chi connectivity index (χ0) is 26.4. The van der Waals surface area contributed by atoms with E-state index in [4.69, 9.17) is 21.1 Å². The smallest absolute Gasteiger partial charge is 0.262 e. The van der Waals surface area contributed by atoms with Crippen molar-refractivity contribution >= 4 is 29.1 Å². The van der Waals surface area contributed by atoms with Gasteiger partial charge in [0.15, 0.2) is 0 Å². The van der Waals surface area contributed by atoms with Gasteiger partial charge >= 0.3 is 0 Å². The predicted molar refractivity (Wildman–Crippen MR) is 139 cm³/mol. The summed E-state index contributed by atoms with van der Waals surface area (Å²) in [5.41, 5.74) is 2.41. The molecule has 9 heteroatoms. The SMILES string of the molecule is COCCN(CC(=O)N1N=C(c2cccc(OC)c2)CC1c1ccccc1Cl)C(=O)c1cccc(F)c1. The van der Waals surface area contributed by atoms with Gasteiger partial charge in [-0.15, -0.1) is 0 Å². The molecule has 0 spiro atoms. The Kier molecular flexibility index (Phi) is 8.53. The van der Waals surface area contributed by atoms with E-state index < -0.39 is 23.7 Å². The second kappa shape index (κ2) is 12.0. The predicted octanol–water partition coefficient (Wildman–Crippen LogP) is 4.95. The number of amides is 2. The number of hydrogen-bond acceptors (Lipinski definition) is 5. The highest BCUT2D eigenvalue weighted by Crippen LogP contribution is 2.36. The zero-order valence-corrected chi connectivity index (χ0v) is 21.3. The van der Waals surface area contributed by atoms with Crippen molar-refractivity contribution < 1.29 is 23.5 Å². The molecule has 2 amide bonds. The number of ether oxygens (including phenoxy) is 2. The minimum atomic E-state index is -0.533. The van der Waals surface area contributed by atoms with Crippen LogP contribution in [0.5, 0.6) is 5.75 Å². The maximum absolute atomic E-state index is 13.8. The molecule has 0 radical (unpaired) electrons. The van der Waals surface area contributed by atoms with Crippen LogP contribution >= 0.6 is 11.6 Å². The average Bonchev–Trinajstić information content (AvgIpc) is 3.36. The molecule has 0 saturated carbocycles. The Hall–Kier alpha value is -3.75. The van der Waals surface area contributed by atoms with Crippen LogP contribution in [0, 0.1) is 5.82 Å². The van der Waals surface area contributed by atoms with Crippen LogP contribution in [0.4, 0.5) is 4.39 Å². The van der Waals surface area contributed by atoms with Crippen LogP contribution in [0.25, 0.3) is 0 Å². The second-order valence-electron chi connectivity index (χ2n) is 8.49. The summed E-state index contributed by atoms with van der Waals surface area (Å²) in [4.78, 5) is 28.2. The molecular weight excluding hydrogens is 497 g/mol. The molecule has 1 unspecified atom stereocenters. The summed E-state index contributed by atoms with van der Waals surface area (Å²) in [5.74, 6) is -0.737. The van der Waals surface area contributed by atoms with Gasteiger partial charge < -0.3 is 14.4 Å². The maximum Gasteiger partial charge on any atom is 0.262 e. The van der Waals surface area contributed by atoms with Crippen molar-refractivity contribution in [2.24, 2.45) is 5.10 Å². The normalized spacial score (nSPS) is 14.9. The summed E-state index contributed by atoms with van der Waals surface area (Å²) in [6, 6.07) is 19.7. The van der Waals surface area contributed by atoms with E-state index in [-0.39, 0.29) is 25.3 Å². The van der Waals surface area contributed by atoms with E-state index in [1.807, 2.05) is 42.5 Å². The third-order valence-corrected chi connectivity index (χ3v) is 6.43. The van der Waals surface area contributed by atoms with Gasteiger partial charge in [-0.3, -0.25) is 9.59 Å². The van der Waals surface area contributed by atoms with E-state index in [0.29, 0.717) is 22.9 Å². The average molecular weight is 524 g/mol. The fourth-order valence-corrected chi connectivity index (χ4v) is 4.46. The van der Waals surface area contributed by atoms with Crippen molar-refractivity contribution in [3.63, 3.8) is 0 Å². The van der Waals surface area contributed by atoms with Gasteiger partial charge in [0.05, 0.1) is 25.5 Å². The molecule has 1 aliphatic rings. The van der Waals surface area contributed by atoms with Crippen molar-refractivity contribution in [1.29, 1.82) is 0 Å². The molecule has 4 rings (SSSR count). The van der Waals surface area contributed by atoms with Gasteiger partial charge in [-0.1, -0.05) is 48.0 Å². The number of rotatable bonds is 9. The standard InChI is InChI=1S/C28H27ClFN3O4/c1-36-14-13-32(28(35)20-8-5-9-21(30)15-20)18-27(34)33-26(23-11-3-4-12-24(23)29)17-25(31-33)19-7-6-10-22(16-19)37-2/h3-12,15-16,26H,13-14,17-18H2,1-2H3. The Morgan fingerprint density at radius 1 is 1.08 bits per heavy atom. The second-order valence-corrected chi connectivity index (χ2v) is 8.90. The molecule has 0 N–H and O–H groups in total. The van der Waals surface area contributed by atoms with Crippen LogP contribution in [0.3, 0.4) is 0 Å². The molecule has 7 nitrogen and oxygen atoms in total. The van der Waals surface area contributed by atoms with Crippen LogP contribution in [0.15, 0.2) is 77.9 Å². The Morgan fingerprint density at radius 3 is 2.59 bits per heavy atom. The van der Waals surface area contributed by atoms with Crippen LogP contribution in [-0.2, 0) is 9.53 Å². The van der Waals surface area contributed by atoms with Crippen LogP contribution < -0.4 is 4.74 Å². The Balaban J connectivity index is 1.65. The lowest BCUT2D eigenvalue weighted by molar-refractivity contribution is -0.133. The molecule has 0 saturated heterocycles. The number of hydrogen-bond donors (Lipinski definition) is 0. The fraction of sp³-hybridized carbons (Fsp3) is 0.250. The first-order chi connectivity index (χ1) is 17.9. The monoisotopic (exact) mass is 523 g/mol. The fourth-order valence-electron chi connectivity index (χ4n) is 4.20. The summed E-state index contributed by atoms with van der Waals surface area (Å²) < 4.78 is 24.3.